The van der Waals surface area contributed by atoms with Gasteiger partial charge < -0.3 is 26.2 Å². The van der Waals surface area contributed by atoms with Gasteiger partial charge in [-0.1, -0.05) is 24.3 Å². The number of piperazine rings is 1. The number of rotatable bonds is 6. The van der Waals surface area contributed by atoms with Crippen molar-refractivity contribution in [1.82, 2.24) is 4.90 Å². The van der Waals surface area contributed by atoms with Crippen LogP contribution in [0.5, 0.6) is 0 Å². The van der Waals surface area contributed by atoms with Gasteiger partial charge in [-0.25, -0.2) is 0 Å². The Morgan fingerprint density at radius 2 is 1.61 bits per heavy atom. The molecule has 36 heavy (non-hydrogen) atoms. The van der Waals surface area contributed by atoms with Crippen LogP contribution in [0.2, 0.25) is 0 Å². The molecule has 8 nitrogen and oxygen atoms in total. The van der Waals surface area contributed by atoms with Crippen molar-refractivity contribution < 1.29 is 14.4 Å². The number of primary amides is 1. The van der Waals surface area contributed by atoms with E-state index in [9.17, 15) is 14.4 Å². The molecule has 0 atom stereocenters. The third kappa shape index (κ3) is 4.71. The number of nitrogens with two attached hydrogens (primary N) is 1. The lowest BCUT2D eigenvalue weighted by molar-refractivity contribution is -0.110. The lowest BCUT2D eigenvalue weighted by Crippen LogP contribution is -2.44. The largest absolute Gasteiger partial charge is 0.369 e. The molecule has 1 fully saturated rings. The first kappa shape index (κ1) is 23.3. The molecule has 182 valence electrons. The standard InChI is InChI=1S/C28H27N5O3/c1-32-11-13-33(14-12-32)22-8-6-21(7-9-22)30-17-24-23-10-5-19(16-25(23)31-28(24)36)26(34)18-3-2-4-20(15-18)27(29)35/h2-10,15-17,30H,11-14H2,1H3,(H2,29,35)(H,31,36). The highest BCUT2D eigenvalue weighted by Gasteiger charge is 2.25. The Kier molecular flexibility index (Phi) is 6.26. The lowest BCUT2D eigenvalue weighted by Gasteiger charge is -2.34. The van der Waals surface area contributed by atoms with Crippen LogP contribution in [0.3, 0.4) is 0 Å². The van der Waals surface area contributed by atoms with Crippen molar-refractivity contribution in [3.05, 3.63) is 95.2 Å². The molecule has 0 spiro atoms. The van der Waals surface area contributed by atoms with Crippen molar-refractivity contribution in [2.45, 2.75) is 0 Å². The Morgan fingerprint density at radius 1 is 0.917 bits per heavy atom. The fourth-order valence-corrected chi connectivity index (χ4v) is 4.45. The fourth-order valence-electron chi connectivity index (χ4n) is 4.45. The van der Waals surface area contributed by atoms with Gasteiger partial charge in [-0.3, -0.25) is 14.4 Å². The van der Waals surface area contributed by atoms with Crippen molar-refractivity contribution in [1.29, 1.82) is 0 Å². The summed E-state index contributed by atoms with van der Waals surface area (Å²) in [5, 5.41) is 6.05. The molecule has 0 radical (unpaired) electrons. The number of nitrogens with one attached hydrogen (secondary N) is 2. The van der Waals surface area contributed by atoms with E-state index in [1.165, 1.54) is 11.8 Å². The summed E-state index contributed by atoms with van der Waals surface area (Å²) in [4.78, 5) is 41.7. The maximum absolute atomic E-state index is 13.0. The summed E-state index contributed by atoms with van der Waals surface area (Å²) in [6.45, 7) is 4.11. The Balaban J connectivity index is 1.31. The number of fused-ring (bicyclic) bond motifs is 1. The Labute approximate surface area is 209 Å². The molecule has 3 aromatic rings. The molecule has 2 aliphatic heterocycles. The summed E-state index contributed by atoms with van der Waals surface area (Å²) in [7, 11) is 2.14. The zero-order valence-electron chi connectivity index (χ0n) is 20.0. The smallest absolute Gasteiger partial charge is 0.257 e. The number of hydrogen-bond donors (Lipinski definition) is 3. The molecule has 2 aliphatic rings. The van der Waals surface area contributed by atoms with E-state index in [-0.39, 0.29) is 17.3 Å². The van der Waals surface area contributed by atoms with Crippen molar-refractivity contribution in [3.8, 4) is 0 Å². The minimum atomic E-state index is -0.595. The molecule has 0 bridgehead atoms. The number of nitrogens with zero attached hydrogens (tertiary/aromatic N) is 2. The van der Waals surface area contributed by atoms with Crippen LogP contribution >= 0.6 is 0 Å². The van der Waals surface area contributed by atoms with E-state index in [2.05, 4.69) is 39.6 Å². The minimum absolute atomic E-state index is 0.244. The maximum atomic E-state index is 13.0. The van der Waals surface area contributed by atoms with E-state index < -0.39 is 5.91 Å². The average molecular weight is 482 g/mol. The second kappa shape index (κ2) is 9.67. The van der Waals surface area contributed by atoms with Gasteiger partial charge >= 0.3 is 0 Å². The summed E-state index contributed by atoms with van der Waals surface area (Å²) in [5.74, 6) is -1.10. The van der Waals surface area contributed by atoms with Crippen LogP contribution < -0.4 is 21.3 Å². The summed E-state index contributed by atoms with van der Waals surface area (Å²) in [5.41, 5.74) is 10.2. The second-order valence-electron chi connectivity index (χ2n) is 9.03. The van der Waals surface area contributed by atoms with Crippen LogP contribution in [0.1, 0.15) is 31.8 Å². The molecule has 8 heteroatoms. The molecule has 1 saturated heterocycles. The highest BCUT2D eigenvalue weighted by molar-refractivity contribution is 6.32. The number of anilines is 3. The third-order valence-corrected chi connectivity index (χ3v) is 6.59. The first-order valence-electron chi connectivity index (χ1n) is 11.8. The summed E-state index contributed by atoms with van der Waals surface area (Å²) < 4.78 is 0. The summed E-state index contributed by atoms with van der Waals surface area (Å²) in [6, 6.07) is 19.5. The van der Waals surface area contributed by atoms with Crippen molar-refractivity contribution >= 4 is 40.2 Å². The van der Waals surface area contributed by atoms with Crippen LogP contribution in [0.15, 0.2) is 72.9 Å². The van der Waals surface area contributed by atoms with Gasteiger partial charge in [0.05, 0.1) is 5.57 Å². The van der Waals surface area contributed by atoms with Gasteiger partial charge in [0, 0.05) is 71.7 Å². The normalized spacial score (nSPS) is 16.5. The van der Waals surface area contributed by atoms with Gasteiger partial charge in [0.2, 0.25) is 5.91 Å². The zero-order valence-corrected chi connectivity index (χ0v) is 20.0. The molecule has 2 heterocycles. The molecular weight excluding hydrogens is 454 g/mol. The van der Waals surface area contributed by atoms with Crippen molar-refractivity contribution in [2.24, 2.45) is 5.73 Å². The number of carbonyl (C=O) groups is 3. The van der Waals surface area contributed by atoms with E-state index in [0.717, 1.165) is 31.9 Å². The van der Waals surface area contributed by atoms with Crippen LogP contribution in [-0.2, 0) is 4.79 Å². The van der Waals surface area contributed by atoms with Gasteiger partial charge in [0.1, 0.15) is 0 Å². The third-order valence-electron chi connectivity index (χ3n) is 6.59. The SMILES string of the molecule is CN1CCN(c2ccc(NC=C3C(=O)Nc4cc(C(=O)c5cccc(C(N)=O)c5)ccc43)cc2)CC1. The number of carbonyl (C=O) groups excluding carboxylic acids is 3. The predicted molar refractivity (Wildman–Crippen MR) is 141 cm³/mol. The van der Waals surface area contributed by atoms with E-state index in [0.29, 0.717) is 28.0 Å². The summed E-state index contributed by atoms with van der Waals surface area (Å²) >= 11 is 0. The molecular formula is C28H27N5O3. The number of likely N-dealkylation sites (N-methyl/N-ethyl adjacent to an activating group) is 1. The van der Waals surface area contributed by atoms with E-state index in [4.69, 9.17) is 5.73 Å². The van der Waals surface area contributed by atoms with Crippen molar-refractivity contribution in [2.75, 3.05) is 48.8 Å². The van der Waals surface area contributed by atoms with E-state index in [1.807, 2.05) is 12.1 Å². The molecule has 0 saturated carbocycles. The number of amides is 2. The fraction of sp³-hybridized carbons (Fsp3) is 0.179. The Morgan fingerprint density at radius 3 is 2.33 bits per heavy atom. The molecule has 0 unspecified atom stereocenters. The first-order valence-corrected chi connectivity index (χ1v) is 11.8. The Bertz CT molecular complexity index is 1370. The minimum Gasteiger partial charge on any atom is -0.369 e. The van der Waals surface area contributed by atoms with E-state index >= 15 is 0 Å². The Hall–Kier alpha value is -4.43. The number of benzene rings is 3. The van der Waals surface area contributed by atoms with Gasteiger partial charge in [-0.2, -0.15) is 0 Å². The van der Waals surface area contributed by atoms with Gasteiger partial charge in [-0.05, 0) is 49.5 Å². The van der Waals surface area contributed by atoms with Gasteiger partial charge in [0.25, 0.3) is 5.91 Å². The quantitative estimate of drug-likeness (QED) is 0.369. The molecule has 2 amide bonds. The summed E-state index contributed by atoms with van der Waals surface area (Å²) in [6.07, 6.45) is 1.68. The van der Waals surface area contributed by atoms with Crippen LogP contribution in [0, 0.1) is 0 Å². The van der Waals surface area contributed by atoms with Crippen LogP contribution in [0.25, 0.3) is 5.57 Å². The molecule has 5 rings (SSSR count). The molecule has 0 aliphatic carbocycles. The molecule has 0 aromatic heterocycles. The van der Waals surface area contributed by atoms with Crippen LogP contribution in [0.4, 0.5) is 17.1 Å². The van der Waals surface area contributed by atoms with Gasteiger partial charge in [-0.15, -0.1) is 0 Å². The van der Waals surface area contributed by atoms with Crippen LogP contribution in [-0.4, -0.2) is 55.7 Å². The first-order chi connectivity index (χ1) is 17.4. The molecule has 4 N–H and O–H groups in total. The monoisotopic (exact) mass is 481 g/mol. The van der Waals surface area contributed by atoms with E-state index in [1.54, 1.807) is 42.6 Å². The second-order valence-corrected chi connectivity index (χ2v) is 9.03. The molecule has 3 aromatic carbocycles. The topological polar surface area (TPSA) is 108 Å². The number of hydrogen-bond acceptors (Lipinski definition) is 6. The highest BCUT2D eigenvalue weighted by Crippen LogP contribution is 2.33. The zero-order chi connectivity index (χ0) is 25.2. The average Bonchev–Trinajstić information content (AvgIpc) is 3.21. The number of ketones is 1. The maximum Gasteiger partial charge on any atom is 0.257 e. The highest BCUT2D eigenvalue weighted by atomic mass is 16.2. The van der Waals surface area contributed by atoms with Crippen molar-refractivity contribution in [3.63, 3.8) is 0 Å². The van der Waals surface area contributed by atoms with Gasteiger partial charge in [0.15, 0.2) is 5.78 Å². The predicted octanol–water partition coefficient (Wildman–Crippen LogP) is 3.17. The lowest BCUT2D eigenvalue weighted by atomic mass is 9.98.